The smallest absolute Gasteiger partial charge is 0.136 e. The van der Waals surface area contributed by atoms with Crippen molar-refractivity contribution in [3.05, 3.63) is 200 Å². The van der Waals surface area contributed by atoms with E-state index in [0.717, 1.165) is 110 Å². The number of para-hydroxylation sites is 2. The van der Waals surface area contributed by atoms with Crippen molar-refractivity contribution in [3.8, 4) is 56.0 Å². The zero-order valence-corrected chi connectivity index (χ0v) is 31.8. The fraction of sp³-hybridized carbons (Fsp3) is 0. The van der Waals surface area contributed by atoms with Crippen molar-refractivity contribution in [2.75, 3.05) is 0 Å². The second kappa shape index (κ2) is 13.3. The molecule has 274 valence electrons. The number of rotatable bonds is 5. The monoisotopic (exact) mass is 751 g/mol. The van der Waals surface area contributed by atoms with Gasteiger partial charge in [0.25, 0.3) is 0 Å². The molecule has 0 unspecified atom stereocenters. The maximum absolute atomic E-state index is 6.57. The molecule has 59 heavy (non-hydrogen) atoms. The topological polar surface area (TPSA) is 51.8 Å². The van der Waals surface area contributed by atoms with Gasteiger partial charge in [-0.25, -0.2) is 15.0 Å². The highest BCUT2D eigenvalue weighted by Gasteiger charge is 2.21. The van der Waals surface area contributed by atoms with Crippen LogP contribution in [0.25, 0.3) is 121 Å². The van der Waals surface area contributed by atoms with Gasteiger partial charge in [0.1, 0.15) is 11.2 Å². The lowest BCUT2D eigenvalue weighted by Crippen LogP contribution is -1.93. The van der Waals surface area contributed by atoms with E-state index in [0.29, 0.717) is 0 Å². The van der Waals surface area contributed by atoms with Gasteiger partial charge in [-0.3, -0.25) is 0 Å². The Balaban J connectivity index is 0.941. The molecule has 0 amide bonds. The van der Waals surface area contributed by atoms with E-state index < -0.39 is 0 Å². The summed E-state index contributed by atoms with van der Waals surface area (Å²) in [4.78, 5) is 15.6. The third-order valence-electron chi connectivity index (χ3n) is 11.7. The summed E-state index contributed by atoms with van der Waals surface area (Å²) in [7, 11) is 0. The molecule has 0 bridgehead atoms. The molecule has 12 aromatic rings. The Hall–Kier alpha value is -7.95. The maximum Gasteiger partial charge on any atom is 0.136 e. The minimum absolute atomic E-state index is 0.856. The molecule has 0 N–H and O–H groups in total. The molecular formula is C55H33N3O. The van der Waals surface area contributed by atoms with E-state index in [1.807, 2.05) is 24.3 Å². The summed E-state index contributed by atoms with van der Waals surface area (Å²) in [6, 6.07) is 70.2. The van der Waals surface area contributed by atoms with Crippen LogP contribution < -0.4 is 0 Å². The molecule has 0 aliphatic rings. The summed E-state index contributed by atoms with van der Waals surface area (Å²) in [5.74, 6) is 0. The van der Waals surface area contributed by atoms with E-state index in [1.165, 1.54) is 10.9 Å². The van der Waals surface area contributed by atoms with Crippen LogP contribution in [0.15, 0.2) is 205 Å². The number of furan rings is 1. The van der Waals surface area contributed by atoms with Gasteiger partial charge in [-0.2, -0.15) is 0 Å². The maximum atomic E-state index is 6.57. The van der Waals surface area contributed by atoms with Crippen LogP contribution >= 0.6 is 0 Å². The Bertz CT molecular complexity index is 3580. The van der Waals surface area contributed by atoms with Crippen molar-refractivity contribution in [2.45, 2.75) is 0 Å². The summed E-state index contributed by atoms with van der Waals surface area (Å²) in [5.41, 5.74) is 15.1. The van der Waals surface area contributed by atoms with Gasteiger partial charge in [0.15, 0.2) is 0 Å². The molecule has 8 aromatic carbocycles. The lowest BCUT2D eigenvalue weighted by Gasteiger charge is -2.16. The highest BCUT2D eigenvalue weighted by atomic mass is 16.3. The molecule has 0 fully saturated rings. The van der Waals surface area contributed by atoms with Crippen LogP contribution in [0, 0.1) is 0 Å². The third-order valence-corrected chi connectivity index (χ3v) is 11.7. The lowest BCUT2D eigenvalue weighted by atomic mass is 9.89. The molecular weight excluding hydrogens is 719 g/mol. The van der Waals surface area contributed by atoms with E-state index in [4.69, 9.17) is 19.4 Å². The number of pyridine rings is 3. The van der Waals surface area contributed by atoms with Gasteiger partial charge >= 0.3 is 0 Å². The molecule has 0 aliphatic heterocycles. The Morgan fingerprint density at radius 2 is 0.831 bits per heavy atom. The summed E-state index contributed by atoms with van der Waals surface area (Å²) in [6.07, 6.45) is 0. The highest BCUT2D eigenvalue weighted by molar-refractivity contribution is 6.27. The molecule has 4 heteroatoms. The summed E-state index contributed by atoms with van der Waals surface area (Å²) < 4.78 is 6.57. The van der Waals surface area contributed by atoms with E-state index in [9.17, 15) is 0 Å². The predicted molar refractivity (Wildman–Crippen MR) is 244 cm³/mol. The Labute approximate surface area is 339 Å². The first-order valence-corrected chi connectivity index (χ1v) is 19.9. The van der Waals surface area contributed by atoms with Gasteiger partial charge < -0.3 is 4.42 Å². The van der Waals surface area contributed by atoms with Gasteiger partial charge in [-0.1, -0.05) is 170 Å². The predicted octanol–water partition coefficient (Wildman–Crippen LogP) is 14.7. The van der Waals surface area contributed by atoms with Crippen LogP contribution in [-0.2, 0) is 0 Å². The van der Waals surface area contributed by atoms with Gasteiger partial charge in [-0.15, -0.1) is 0 Å². The number of aromatic nitrogens is 3. The highest BCUT2D eigenvalue weighted by Crippen LogP contribution is 2.46. The van der Waals surface area contributed by atoms with Crippen LogP contribution in [0.3, 0.4) is 0 Å². The molecule has 4 nitrogen and oxygen atoms in total. The molecule has 12 rings (SSSR count). The molecule has 0 saturated heterocycles. The molecule has 0 aliphatic carbocycles. The SMILES string of the molecule is c1ccc(-c2ccc3ccc4ccc(-c5ccc(-c6ccc(-c7nc8ccccc8c8c(-c9ccccc9)c9c(cc78)oc7ccccc79)cc6)cc5)nc4c3n2)cc1. The Morgan fingerprint density at radius 3 is 1.49 bits per heavy atom. The van der Waals surface area contributed by atoms with Gasteiger partial charge in [0.05, 0.1) is 33.6 Å². The zero-order valence-electron chi connectivity index (χ0n) is 31.8. The molecule has 4 heterocycles. The minimum atomic E-state index is 0.856. The average molecular weight is 752 g/mol. The van der Waals surface area contributed by atoms with Crippen LogP contribution in [0.2, 0.25) is 0 Å². The zero-order chi connectivity index (χ0) is 38.9. The van der Waals surface area contributed by atoms with Crippen LogP contribution in [0.5, 0.6) is 0 Å². The number of benzene rings is 8. The van der Waals surface area contributed by atoms with Crippen molar-refractivity contribution in [1.82, 2.24) is 15.0 Å². The summed E-state index contributed by atoms with van der Waals surface area (Å²) in [6.45, 7) is 0. The largest absolute Gasteiger partial charge is 0.456 e. The van der Waals surface area contributed by atoms with Crippen LogP contribution in [-0.4, -0.2) is 15.0 Å². The van der Waals surface area contributed by atoms with Gasteiger partial charge in [0.2, 0.25) is 0 Å². The Kier molecular flexibility index (Phi) is 7.50. The molecule has 0 radical (unpaired) electrons. The fourth-order valence-electron chi connectivity index (χ4n) is 8.78. The normalized spacial score (nSPS) is 11.7. The number of hydrogen-bond acceptors (Lipinski definition) is 4. The third kappa shape index (κ3) is 5.49. The standard InChI is InChI=1S/C55H33N3O/c1-3-11-36(12-4-1)45-31-29-40-27-28-41-30-32-46(57-55(41)54(40)56-45)37-23-19-34(20-24-37)35-21-25-39(26-22-35)53-44-33-49-52(43-16-8-10-18-48(43)59-49)50(38-13-5-2-6-14-38)51(44)42-15-7-9-17-47(42)58-53/h1-33H. The van der Waals surface area contributed by atoms with E-state index >= 15 is 0 Å². The Morgan fingerprint density at radius 1 is 0.322 bits per heavy atom. The van der Waals surface area contributed by atoms with Gasteiger partial charge in [0, 0.05) is 60.0 Å². The van der Waals surface area contributed by atoms with Crippen LogP contribution in [0.1, 0.15) is 0 Å². The van der Waals surface area contributed by atoms with Crippen LogP contribution in [0.4, 0.5) is 0 Å². The molecule has 0 atom stereocenters. The second-order valence-electron chi connectivity index (χ2n) is 15.1. The first-order valence-electron chi connectivity index (χ1n) is 19.9. The first kappa shape index (κ1) is 33.2. The quantitative estimate of drug-likeness (QED) is 0.164. The number of fused-ring (bicyclic) bond motifs is 9. The lowest BCUT2D eigenvalue weighted by molar-refractivity contribution is 0.669. The summed E-state index contributed by atoms with van der Waals surface area (Å²) in [5, 5.41) is 7.75. The molecule has 0 spiro atoms. The first-order chi connectivity index (χ1) is 29.2. The number of hydrogen-bond donors (Lipinski definition) is 0. The van der Waals surface area contributed by atoms with E-state index in [1.54, 1.807) is 0 Å². The fourth-order valence-corrected chi connectivity index (χ4v) is 8.78. The molecule has 0 saturated carbocycles. The summed E-state index contributed by atoms with van der Waals surface area (Å²) >= 11 is 0. The van der Waals surface area contributed by atoms with Crippen molar-refractivity contribution >= 4 is 65.4 Å². The molecule has 4 aromatic heterocycles. The second-order valence-corrected chi connectivity index (χ2v) is 15.1. The van der Waals surface area contributed by atoms with Crippen molar-refractivity contribution < 1.29 is 4.42 Å². The average Bonchev–Trinajstić information content (AvgIpc) is 3.69. The number of nitrogens with zero attached hydrogens (tertiary/aromatic N) is 3. The van der Waals surface area contributed by atoms with Gasteiger partial charge in [-0.05, 0) is 47.0 Å². The van der Waals surface area contributed by atoms with Crippen molar-refractivity contribution in [1.29, 1.82) is 0 Å². The van der Waals surface area contributed by atoms with Crippen molar-refractivity contribution in [2.24, 2.45) is 0 Å². The van der Waals surface area contributed by atoms with Crippen molar-refractivity contribution in [3.63, 3.8) is 0 Å². The van der Waals surface area contributed by atoms with E-state index in [2.05, 4.69) is 176 Å². The van der Waals surface area contributed by atoms with E-state index in [-0.39, 0.29) is 0 Å². The minimum Gasteiger partial charge on any atom is -0.456 e.